The third-order valence-corrected chi connectivity index (χ3v) is 9.39. The molecule has 0 saturated carbocycles. The largest absolute Gasteiger partial charge is 0.452 e. The Labute approximate surface area is 276 Å². The Morgan fingerprint density at radius 2 is 1.10 bits per heavy atom. The maximum atomic E-state index is 6.69. The van der Waals surface area contributed by atoms with E-state index in [2.05, 4.69) is 150 Å². The molecule has 0 bridgehead atoms. The molecule has 3 aromatic heterocycles. The molecule has 224 valence electrons. The van der Waals surface area contributed by atoms with Crippen LogP contribution in [0.25, 0.3) is 94.1 Å². The van der Waals surface area contributed by atoms with Crippen molar-refractivity contribution < 1.29 is 4.42 Å². The maximum Gasteiger partial charge on any atom is 0.180 e. The third kappa shape index (κ3) is 4.16. The Morgan fingerprint density at radius 3 is 1.92 bits per heavy atom. The van der Waals surface area contributed by atoms with Gasteiger partial charge in [-0.3, -0.25) is 0 Å². The predicted octanol–water partition coefficient (Wildman–Crippen LogP) is 11.6. The van der Waals surface area contributed by atoms with Crippen molar-refractivity contribution >= 4 is 54.6 Å². The van der Waals surface area contributed by atoms with E-state index in [1.165, 1.54) is 27.2 Å². The average Bonchev–Trinajstić information content (AvgIpc) is 3.70. The van der Waals surface area contributed by atoms with Crippen LogP contribution in [0.3, 0.4) is 0 Å². The van der Waals surface area contributed by atoms with Crippen molar-refractivity contribution in [2.75, 3.05) is 0 Å². The van der Waals surface area contributed by atoms with Gasteiger partial charge in [0.15, 0.2) is 11.4 Å². The Hall–Kier alpha value is -6.52. The normalized spacial score (nSPS) is 11.8. The molecule has 0 spiro atoms. The average molecular weight is 614 g/mol. The summed E-state index contributed by atoms with van der Waals surface area (Å²) in [5.41, 5.74) is 10.7. The zero-order valence-electron chi connectivity index (χ0n) is 25.8. The summed E-state index contributed by atoms with van der Waals surface area (Å²) in [7, 11) is 0. The number of nitrogens with zero attached hydrogens (tertiary/aromatic N) is 3. The summed E-state index contributed by atoms with van der Waals surface area (Å²) in [6, 6.07) is 57.4. The van der Waals surface area contributed by atoms with Crippen LogP contribution in [0.15, 0.2) is 168 Å². The second-order valence-corrected chi connectivity index (χ2v) is 12.2. The van der Waals surface area contributed by atoms with Crippen LogP contribution >= 0.6 is 0 Å². The SMILES string of the molecule is c1ccc(-c2nc(-c3ccc4ccccc4c3)c3oc4cc(-c5cccc(-n6c7ccccc7c7ccccc76)c5)ccc4c3n2)cc1. The van der Waals surface area contributed by atoms with Crippen molar-refractivity contribution in [1.82, 2.24) is 14.5 Å². The van der Waals surface area contributed by atoms with E-state index in [9.17, 15) is 0 Å². The van der Waals surface area contributed by atoms with Crippen LogP contribution in [-0.4, -0.2) is 14.5 Å². The molecule has 48 heavy (non-hydrogen) atoms. The van der Waals surface area contributed by atoms with Crippen molar-refractivity contribution in [3.05, 3.63) is 164 Å². The van der Waals surface area contributed by atoms with Crippen LogP contribution in [-0.2, 0) is 0 Å². The van der Waals surface area contributed by atoms with Gasteiger partial charge < -0.3 is 8.98 Å². The Kier molecular flexibility index (Phi) is 5.84. The zero-order valence-corrected chi connectivity index (χ0v) is 25.8. The van der Waals surface area contributed by atoms with Gasteiger partial charge in [0, 0.05) is 33.0 Å². The highest BCUT2D eigenvalue weighted by Gasteiger charge is 2.19. The summed E-state index contributed by atoms with van der Waals surface area (Å²) in [6.07, 6.45) is 0. The van der Waals surface area contributed by atoms with E-state index in [-0.39, 0.29) is 0 Å². The molecular formula is C44H27N3O. The van der Waals surface area contributed by atoms with Gasteiger partial charge in [-0.15, -0.1) is 0 Å². The summed E-state index contributed by atoms with van der Waals surface area (Å²) < 4.78 is 9.04. The lowest BCUT2D eigenvalue weighted by atomic mass is 10.0. The summed E-state index contributed by atoms with van der Waals surface area (Å²) in [4.78, 5) is 10.2. The fourth-order valence-corrected chi connectivity index (χ4v) is 7.10. The molecule has 7 aromatic carbocycles. The summed E-state index contributed by atoms with van der Waals surface area (Å²) in [5.74, 6) is 0.678. The Balaban J connectivity index is 1.15. The van der Waals surface area contributed by atoms with Crippen LogP contribution in [0.4, 0.5) is 0 Å². The fraction of sp³-hybridized carbons (Fsp3) is 0. The first kappa shape index (κ1) is 26.7. The van der Waals surface area contributed by atoms with Crippen LogP contribution in [0.5, 0.6) is 0 Å². The quantitative estimate of drug-likeness (QED) is 0.198. The van der Waals surface area contributed by atoms with Crippen molar-refractivity contribution in [1.29, 1.82) is 0 Å². The molecule has 4 heteroatoms. The van der Waals surface area contributed by atoms with Crippen LogP contribution in [0.1, 0.15) is 0 Å². The topological polar surface area (TPSA) is 43.9 Å². The number of hydrogen-bond donors (Lipinski definition) is 0. The van der Waals surface area contributed by atoms with Gasteiger partial charge in [-0.25, -0.2) is 9.97 Å². The molecule has 0 aliphatic heterocycles. The smallest absolute Gasteiger partial charge is 0.180 e. The first-order valence-corrected chi connectivity index (χ1v) is 16.2. The van der Waals surface area contributed by atoms with E-state index < -0.39 is 0 Å². The zero-order chi connectivity index (χ0) is 31.6. The molecule has 0 radical (unpaired) electrons. The van der Waals surface area contributed by atoms with E-state index in [0.29, 0.717) is 11.4 Å². The highest BCUT2D eigenvalue weighted by atomic mass is 16.3. The highest BCUT2D eigenvalue weighted by Crippen LogP contribution is 2.39. The number of benzene rings is 7. The van der Waals surface area contributed by atoms with Crippen molar-refractivity contribution in [3.63, 3.8) is 0 Å². The fourth-order valence-electron chi connectivity index (χ4n) is 7.10. The lowest BCUT2D eigenvalue weighted by Gasteiger charge is -2.10. The number of rotatable bonds is 4. The minimum absolute atomic E-state index is 0.678. The molecule has 0 aliphatic rings. The Morgan fingerprint density at radius 1 is 0.438 bits per heavy atom. The first-order valence-electron chi connectivity index (χ1n) is 16.2. The van der Waals surface area contributed by atoms with Gasteiger partial charge in [-0.1, -0.05) is 121 Å². The molecule has 0 saturated heterocycles. The van der Waals surface area contributed by atoms with Gasteiger partial charge in [0.1, 0.15) is 16.8 Å². The van der Waals surface area contributed by atoms with E-state index in [1.54, 1.807) is 0 Å². The number of hydrogen-bond acceptors (Lipinski definition) is 3. The molecule has 0 atom stereocenters. The molecule has 4 nitrogen and oxygen atoms in total. The predicted molar refractivity (Wildman–Crippen MR) is 197 cm³/mol. The standard InChI is InChI=1S/C44H27N3O/c1-2-12-29(13-3-1)44-45-41(33-22-21-28-11-4-5-14-30(28)25-33)43-42(46-44)37-24-23-32(27-40(37)48-43)31-15-10-16-34(26-31)47-38-19-8-6-17-35(38)36-18-7-9-20-39(36)47/h1-27H. The molecule has 10 rings (SSSR count). The van der Waals surface area contributed by atoms with Crippen molar-refractivity contribution in [2.45, 2.75) is 0 Å². The molecule has 0 N–H and O–H groups in total. The molecule has 0 aliphatic carbocycles. The molecular weight excluding hydrogens is 587 g/mol. The van der Waals surface area contributed by atoms with E-state index >= 15 is 0 Å². The minimum Gasteiger partial charge on any atom is -0.452 e. The summed E-state index contributed by atoms with van der Waals surface area (Å²) in [5, 5.41) is 5.81. The second-order valence-electron chi connectivity index (χ2n) is 12.2. The third-order valence-electron chi connectivity index (χ3n) is 9.39. The number of fused-ring (bicyclic) bond motifs is 7. The van der Waals surface area contributed by atoms with E-state index in [4.69, 9.17) is 14.4 Å². The van der Waals surface area contributed by atoms with Gasteiger partial charge >= 0.3 is 0 Å². The van der Waals surface area contributed by atoms with Crippen molar-refractivity contribution in [2.24, 2.45) is 0 Å². The van der Waals surface area contributed by atoms with Crippen molar-refractivity contribution in [3.8, 4) is 39.5 Å². The number of para-hydroxylation sites is 2. The summed E-state index contributed by atoms with van der Waals surface area (Å²) in [6.45, 7) is 0. The van der Waals surface area contributed by atoms with Gasteiger partial charge in [-0.2, -0.15) is 0 Å². The number of aromatic nitrogens is 3. The van der Waals surface area contributed by atoms with Gasteiger partial charge in [0.05, 0.1) is 11.0 Å². The Bertz CT molecular complexity index is 2790. The molecule has 0 unspecified atom stereocenters. The molecule has 0 fully saturated rings. The minimum atomic E-state index is 0.678. The van der Waals surface area contributed by atoms with Crippen LogP contribution < -0.4 is 0 Å². The van der Waals surface area contributed by atoms with E-state index in [0.717, 1.165) is 55.5 Å². The maximum absolute atomic E-state index is 6.69. The monoisotopic (exact) mass is 613 g/mol. The lowest BCUT2D eigenvalue weighted by Crippen LogP contribution is -1.94. The highest BCUT2D eigenvalue weighted by molar-refractivity contribution is 6.10. The lowest BCUT2D eigenvalue weighted by molar-refractivity contribution is 0.667. The van der Waals surface area contributed by atoms with Crippen LogP contribution in [0.2, 0.25) is 0 Å². The van der Waals surface area contributed by atoms with Crippen LogP contribution in [0, 0.1) is 0 Å². The van der Waals surface area contributed by atoms with Gasteiger partial charge in [-0.05, 0) is 64.4 Å². The molecule has 10 aromatic rings. The summed E-state index contributed by atoms with van der Waals surface area (Å²) >= 11 is 0. The molecule has 3 heterocycles. The van der Waals surface area contributed by atoms with Gasteiger partial charge in [0.2, 0.25) is 0 Å². The second kappa shape index (κ2) is 10.5. The number of furan rings is 1. The van der Waals surface area contributed by atoms with E-state index in [1.807, 2.05) is 18.2 Å². The molecule has 0 amide bonds. The van der Waals surface area contributed by atoms with Gasteiger partial charge in [0.25, 0.3) is 0 Å². The first-order chi connectivity index (χ1) is 23.8.